The van der Waals surface area contributed by atoms with E-state index in [1.807, 2.05) is 12.1 Å². The van der Waals surface area contributed by atoms with Crippen LogP contribution in [-0.4, -0.2) is 26.6 Å². The highest BCUT2D eigenvalue weighted by atomic mass is 32.1. The summed E-state index contributed by atoms with van der Waals surface area (Å²) >= 11 is 1.13. The van der Waals surface area contributed by atoms with Crippen LogP contribution in [-0.2, 0) is 11.2 Å². The van der Waals surface area contributed by atoms with Crippen LogP contribution in [0.2, 0.25) is 0 Å². The van der Waals surface area contributed by atoms with Crippen LogP contribution in [0.5, 0.6) is 0 Å². The lowest BCUT2D eigenvalue weighted by molar-refractivity contribution is -0.120. The van der Waals surface area contributed by atoms with E-state index in [-0.39, 0.29) is 11.8 Å². The summed E-state index contributed by atoms with van der Waals surface area (Å²) in [7, 11) is 0. The maximum absolute atomic E-state index is 12.4. The number of benzene rings is 2. The lowest BCUT2D eigenvalue weighted by Crippen LogP contribution is -2.26. The molecule has 4 rings (SSSR count). The molecule has 1 aliphatic rings. The van der Waals surface area contributed by atoms with Crippen LogP contribution >= 0.6 is 11.7 Å². The van der Waals surface area contributed by atoms with E-state index >= 15 is 0 Å². The zero-order chi connectivity index (χ0) is 17.2. The summed E-state index contributed by atoms with van der Waals surface area (Å²) in [5.41, 5.74) is 3.65. The summed E-state index contributed by atoms with van der Waals surface area (Å²) in [6.45, 7) is 0. The first-order valence-corrected chi connectivity index (χ1v) is 8.82. The number of hydrogen-bond acceptors (Lipinski definition) is 5. The molecule has 7 heteroatoms. The molecule has 3 aromatic rings. The monoisotopic (exact) mass is 352 g/mol. The van der Waals surface area contributed by atoms with Crippen LogP contribution in [0.15, 0.2) is 42.5 Å². The first-order valence-electron chi connectivity index (χ1n) is 8.09. The minimum absolute atomic E-state index is 0.0458. The fraction of sp³-hybridized carbons (Fsp3) is 0.222. The van der Waals surface area contributed by atoms with Gasteiger partial charge < -0.3 is 10.6 Å². The summed E-state index contributed by atoms with van der Waals surface area (Å²) in [6.07, 6.45) is 2.52. The van der Waals surface area contributed by atoms with Crippen LogP contribution < -0.4 is 10.6 Å². The molecular weight excluding hydrogens is 336 g/mol. The minimum Gasteiger partial charge on any atom is -0.353 e. The summed E-state index contributed by atoms with van der Waals surface area (Å²) < 4.78 is 8.27. The number of carbonyl (C=O) groups is 2. The first kappa shape index (κ1) is 15.7. The van der Waals surface area contributed by atoms with Crippen LogP contribution in [0, 0.1) is 0 Å². The van der Waals surface area contributed by atoms with E-state index in [9.17, 15) is 9.59 Å². The molecule has 6 nitrogen and oxygen atoms in total. The number of nitrogens with zero attached hydrogens (tertiary/aromatic N) is 2. The second-order valence-electron chi connectivity index (χ2n) is 6.14. The predicted octanol–water partition coefficient (Wildman–Crippen LogP) is 2.76. The molecule has 126 valence electrons. The summed E-state index contributed by atoms with van der Waals surface area (Å²) in [6, 6.07) is 12.9. The van der Waals surface area contributed by atoms with Gasteiger partial charge in [0, 0.05) is 17.3 Å². The largest absolute Gasteiger partial charge is 0.353 e. The minimum atomic E-state index is -0.200. The fourth-order valence-electron chi connectivity index (χ4n) is 2.52. The number of aromatic nitrogens is 2. The predicted molar refractivity (Wildman–Crippen MR) is 96.7 cm³/mol. The summed E-state index contributed by atoms with van der Waals surface area (Å²) in [5, 5.41) is 5.82. The Labute approximate surface area is 148 Å². The van der Waals surface area contributed by atoms with E-state index < -0.39 is 0 Å². The Morgan fingerprint density at radius 3 is 2.56 bits per heavy atom. The summed E-state index contributed by atoms with van der Waals surface area (Å²) in [4.78, 5) is 24.2. The maximum atomic E-state index is 12.4. The molecule has 1 aromatic heterocycles. The number of nitrogens with one attached hydrogen (secondary N) is 2. The van der Waals surface area contributed by atoms with Crippen molar-refractivity contribution in [2.45, 2.75) is 25.3 Å². The van der Waals surface area contributed by atoms with Crippen molar-refractivity contribution in [2.75, 3.05) is 5.32 Å². The quantitative estimate of drug-likeness (QED) is 0.739. The van der Waals surface area contributed by atoms with Crippen molar-refractivity contribution in [3.8, 4) is 0 Å². The Morgan fingerprint density at radius 2 is 1.80 bits per heavy atom. The lowest BCUT2D eigenvalue weighted by Gasteiger charge is -2.07. The topological polar surface area (TPSA) is 84.0 Å². The van der Waals surface area contributed by atoms with Gasteiger partial charge >= 0.3 is 0 Å². The highest BCUT2D eigenvalue weighted by molar-refractivity contribution is 7.00. The van der Waals surface area contributed by atoms with E-state index in [1.165, 1.54) is 0 Å². The Balaban J connectivity index is 1.39. The third-order valence-electron chi connectivity index (χ3n) is 4.03. The van der Waals surface area contributed by atoms with E-state index in [4.69, 9.17) is 0 Å². The van der Waals surface area contributed by atoms with Gasteiger partial charge in [0.25, 0.3) is 5.91 Å². The van der Waals surface area contributed by atoms with Gasteiger partial charge in [0.1, 0.15) is 11.0 Å². The van der Waals surface area contributed by atoms with E-state index in [2.05, 4.69) is 19.4 Å². The number of carbonyl (C=O) groups excluding carboxylic acids is 2. The number of amides is 2. The van der Waals surface area contributed by atoms with Crippen LogP contribution in [0.1, 0.15) is 28.8 Å². The molecule has 25 heavy (non-hydrogen) atoms. The molecule has 1 fully saturated rings. The van der Waals surface area contributed by atoms with Crippen LogP contribution in [0.3, 0.4) is 0 Å². The maximum Gasteiger partial charge on any atom is 0.255 e. The number of fused-ring (bicyclic) bond motifs is 1. The Hall–Kier alpha value is -2.80. The normalized spacial score (nSPS) is 13.6. The third kappa shape index (κ3) is 3.83. The van der Waals surface area contributed by atoms with E-state index in [0.29, 0.717) is 23.7 Å². The number of hydrogen-bond donors (Lipinski definition) is 2. The van der Waals surface area contributed by atoms with Gasteiger partial charge in [-0.3, -0.25) is 9.59 Å². The molecular formula is C18H16N4O2S. The van der Waals surface area contributed by atoms with Gasteiger partial charge in [0.15, 0.2) is 0 Å². The van der Waals surface area contributed by atoms with Crippen molar-refractivity contribution in [2.24, 2.45) is 0 Å². The molecule has 1 aliphatic carbocycles. The Morgan fingerprint density at radius 1 is 1.04 bits per heavy atom. The lowest BCUT2D eigenvalue weighted by atomic mass is 10.1. The van der Waals surface area contributed by atoms with Gasteiger partial charge in [0.05, 0.1) is 18.1 Å². The molecule has 0 atom stereocenters. The molecule has 1 saturated carbocycles. The van der Waals surface area contributed by atoms with Crippen molar-refractivity contribution < 1.29 is 9.59 Å². The third-order valence-corrected chi connectivity index (χ3v) is 4.59. The van der Waals surface area contributed by atoms with Gasteiger partial charge in [-0.25, -0.2) is 0 Å². The molecule has 0 unspecified atom stereocenters. The molecule has 0 radical (unpaired) electrons. The molecule has 1 heterocycles. The second-order valence-corrected chi connectivity index (χ2v) is 6.67. The van der Waals surface area contributed by atoms with E-state index in [0.717, 1.165) is 41.2 Å². The van der Waals surface area contributed by atoms with Crippen LogP contribution in [0.25, 0.3) is 11.0 Å². The van der Waals surface area contributed by atoms with Crippen molar-refractivity contribution in [3.05, 3.63) is 53.6 Å². The van der Waals surface area contributed by atoms with Crippen molar-refractivity contribution in [1.82, 2.24) is 14.1 Å². The molecule has 0 bridgehead atoms. The van der Waals surface area contributed by atoms with Gasteiger partial charge in [-0.15, -0.1) is 0 Å². The first-order chi connectivity index (χ1) is 12.2. The molecule has 0 spiro atoms. The highest BCUT2D eigenvalue weighted by Gasteiger charge is 2.23. The molecule has 2 N–H and O–H groups in total. The molecule has 0 saturated heterocycles. The summed E-state index contributed by atoms with van der Waals surface area (Å²) in [5.74, 6) is -0.154. The molecule has 2 aromatic carbocycles. The molecule has 0 aliphatic heterocycles. The Bertz CT molecular complexity index is 932. The number of rotatable bonds is 5. The molecule has 2 amide bonds. The standard InChI is InChI=1S/C18H16N4O2S/c23-17(19-13-6-7-13)9-11-1-4-14(5-2-11)20-18(24)12-3-8-15-16(10-12)22-25-21-15/h1-5,8,10,13H,6-7,9H2,(H,19,23)(H,20,24). The van der Waals surface area contributed by atoms with Crippen LogP contribution in [0.4, 0.5) is 5.69 Å². The highest BCUT2D eigenvalue weighted by Crippen LogP contribution is 2.19. The average molecular weight is 352 g/mol. The van der Waals surface area contributed by atoms with E-state index in [1.54, 1.807) is 30.3 Å². The SMILES string of the molecule is O=C(Cc1ccc(NC(=O)c2ccc3nsnc3c2)cc1)NC1CC1. The second kappa shape index (κ2) is 6.60. The number of anilines is 1. The Kier molecular flexibility index (Phi) is 4.15. The smallest absolute Gasteiger partial charge is 0.255 e. The average Bonchev–Trinajstić information content (AvgIpc) is 3.29. The zero-order valence-corrected chi connectivity index (χ0v) is 14.2. The van der Waals surface area contributed by atoms with Gasteiger partial charge in [-0.2, -0.15) is 8.75 Å². The van der Waals surface area contributed by atoms with Crippen molar-refractivity contribution in [1.29, 1.82) is 0 Å². The fourth-order valence-corrected chi connectivity index (χ4v) is 3.04. The van der Waals surface area contributed by atoms with Crippen molar-refractivity contribution >= 4 is 40.3 Å². The van der Waals surface area contributed by atoms with Crippen molar-refractivity contribution in [3.63, 3.8) is 0 Å². The zero-order valence-electron chi connectivity index (χ0n) is 13.4. The van der Waals surface area contributed by atoms with Gasteiger partial charge in [-0.05, 0) is 48.7 Å². The van der Waals surface area contributed by atoms with Gasteiger partial charge in [-0.1, -0.05) is 12.1 Å². The van der Waals surface area contributed by atoms with Gasteiger partial charge in [0.2, 0.25) is 5.91 Å².